The number of fused-ring (bicyclic) bond motifs is 1. The highest BCUT2D eigenvalue weighted by Crippen LogP contribution is 2.29. The Balaban J connectivity index is 1.81. The molecule has 0 aliphatic heterocycles. The number of rotatable bonds is 8. The van der Waals surface area contributed by atoms with Gasteiger partial charge in [0.15, 0.2) is 0 Å². The van der Waals surface area contributed by atoms with Gasteiger partial charge in [0.05, 0.1) is 0 Å². The molecule has 1 N–H and O–H groups in total. The number of hydrogen-bond donors (Lipinski definition) is 1. The molecule has 7 nitrogen and oxygen atoms in total. The maximum absolute atomic E-state index is 12.2. The monoisotopic (exact) mass is 417 g/mol. The lowest BCUT2D eigenvalue weighted by Crippen LogP contribution is -2.33. The number of esters is 1. The zero-order valence-electron chi connectivity index (χ0n) is 18.4. The van der Waals surface area contributed by atoms with Crippen LogP contribution >= 0.6 is 0 Å². The summed E-state index contributed by atoms with van der Waals surface area (Å²) >= 11 is 0. The first-order chi connectivity index (χ1) is 14.1. The Labute approximate surface area is 176 Å². The van der Waals surface area contributed by atoms with Crippen LogP contribution in [-0.2, 0) is 16.0 Å². The molecule has 0 radical (unpaired) electrons. The number of amides is 1. The molecule has 0 unspecified atom stereocenters. The highest BCUT2D eigenvalue weighted by atomic mass is 16.6. The number of ether oxygens (including phenoxy) is 2. The SMILES string of the molecule is CCc1cc(=O)oc2c(C)c(OC(=O)CCCCCNC(=O)OC(C)(C)C)ccc12. The molecule has 0 saturated heterocycles. The number of carbonyl (C=O) groups excluding carboxylic acids is 2. The van der Waals surface area contributed by atoms with Crippen molar-refractivity contribution in [2.24, 2.45) is 0 Å². The third-order valence-electron chi connectivity index (χ3n) is 4.53. The summed E-state index contributed by atoms with van der Waals surface area (Å²) in [5.74, 6) is 0.0574. The van der Waals surface area contributed by atoms with Gasteiger partial charge >= 0.3 is 17.7 Å². The van der Waals surface area contributed by atoms with Gasteiger partial charge in [0, 0.05) is 30.0 Å². The van der Waals surface area contributed by atoms with E-state index in [1.165, 1.54) is 6.07 Å². The normalized spacial score (nSPS) is 11.4. The summed E-state index contributed by atoms with van der Waals surface area (Å²) in [5.41, 5.74) is 1.07. The molecule has 0 saturated carbocycles. The topological polar surface area (TPSA) is 94.8 Å². The zero-order chi connectivity index (χ0) is 22.3. The Morgan fingerprint density at radius 2 is 1.87 bits per heavy atom. The standard InChI is InChI=1S/C23H31NO6/c1-6-16-14-20(26)29-21-15(2)18(12-11-17(16)21)28-19(25)10-8-7-9-13-24-22(27)30-23(3,4)5/h11-12,14H,6-10,13H2,1-5H3,(H,24,27). The van der Waals surface area contributed by atoms with E-state index in [9.17, 15) is 14.4 Å². The van der Waals surface area contributed by atoms with Gasteiger partial charge in [-0.1, -0.05) is 13.3 Å². The van der Waals surface area contributed by atoms with Crippen molar-refractivity contribution in [3.05, 3.63) is 39.7 Å². The molecule has 1 aromatic carbocycles. The van der Waals surface area contributed by atoms with E-state index in [1.807, 2.05) is 33.8 Å². The van der Waals surface area contributed by atoms with Gasteiger partial charge in [-0.15, -0.1) is 0 Å². The fraction of sp³-hybridized carbons (Fsp3) is 0.522. The first-order valence-corrected chi connectivity index (χ1v) is 10.3. The second-order valence-corrected chi connectivity index (χ2v) is 8.22. The van der Waals surface area contributed by atoms with Crippen LogP contribution in [0.15, 0.2) is 27.4 Å². The van der Waals surface area contributed by atoms with Crippen molar-refractivity contribution in [3.8, 4) is 5.75 Å². The average Bonchev–Trinajstić information content (AvgIpc) is 2.65. The van der Waals surface area contributed by atoms with Crippen molar-refractivity contribution >= 4 is 23.0 Å². The highest BCUT2D eigenvalue weighted by Gasteiger charge is 2.16. The fourth-order valence-electron chi connectivity index (χ4n) is 3.06. The molecule has 164 valence electrons. The van der Waals surface area contributed by atoms with Crippen molar-refractivity contribution < 1.29 is 23.5 Å². The summed E-state index contributed by atoms with van der Waals surface area (Å²) in [6, 6.07) is 5.04. The van der Waals surface area contributed by atoms with Gasteiger partial charge in [0.2, 0.25) is 0 Å². The van der Waals surface area contributed by atoms with Crippen LogP contribution in [0.25, 0.3) is 11.0 Å². The quantitative estimate of drug-likeness (QED) is 0.291. The number of carbonyl (C=O) groups is 2. The van der Waals surface area contributed by atoms with E-state index in [0.717, 1.165) is 23.8 Å². The van der Waals surface area contributed by atoms with E-state index in [-0.39, 0.29) is 12.4 Å². The Kier molecular flexibility index (Phi) is 8.03. The first kappa shape index (κ1) is 23.4. The molecule has 0 atom stereocenters. The lowest BCUT2D eigenvalue weighted by Gasteiger charge is -2.19. The summed E-state index contributed by atoms with van der Waals surface area (Å²) in [6.45, 7) is 9.67. The van der Waals surface area contributed by atoms with Gasteiger partial charge in [0.25, 0.3) is 0 Å². The molecule has 2 rings (SSSR count). The average molecular weight is 418 g/mol. The van der Waals surface area contributed by atoms with Gasteiger partial charge in [-0.25, -0.2) is 9.59 Å². The van der Waals surface area contributed by atoms with Gasteiger partial charge in [-0.05, 0) is 64.7 Å². The van der Waals surface area contributed by atoms with Crippen LogP contribution in [0.4, 0.5) is 4.79 Å². The van der Waals surface area contributed by atoms with Gasteiger partial charge < -0.3 is 19.2 Å². The molecule has 1 amide bonds. The second kappa shape index (κ2) is 10.3. The predicted molar refractivity (Wildman–Crippen MR) is 115 cm³/mol. The molecule has 0 aliphatic carbocycles. The Hall–Kier alpha value is -2.83. The molecule has 0 spiro atoms. The maximum atomic E-state index is 12.2. The third kappa shape index (κ3) is 6.90. The van der Waals surface area contributed by atoms with Crippen LogP contribution in [0, 0.1) is 6.92 Å². The van der Waals surface area contributed by atoms with E-state index in [0.29, 0.717) is 36.3 Å². The van der Waals surface area contributed by atoms with Crippen LogP contribution in [0.2, 0.25) is 0 Å². The second-order valence-electron chi connectivity index (χ2n) is 8.22. The van der Waals surface area contributed by atoms with Crippen LogP contribution < -0.4 is 15.7 Å². The van der Waals surface area contributed by atoms with Crippen LogP contribution in [0.3, 0.4) is 0 Å². The smallest absolute Gasteiger partial charge is 0.407 e. The highest BCUT2D eigenvalue weighted by molar-refractivity contribution is 5.86. The summed E-state index contributed by atoms with van der Waals surface area (Å²) in [4.78, 5) is 35.5. The minimum absolute atomic E-state index is 0.267. The fourth-order valence-corrected chi connectivity index (χ4v) is 3.06. The molecule has 0 bridgehead atoms. The van der Waals surface area contributed by atoms with Crippen molar-refractivity contribution in [1.82, 2.24) is 5.32 Å². The number of unbranched alkanes of at least 4 members (excludes halogenated alkanes) is 2. The molecule has 30 heavy (non-hydrogen) atoms. The lowest BCUT2D eigenvalue weighted by atomic mass is 10.0. The van der Waals surface area contributed by atoms with Crippen LogP contribution in [-0.4, -0.2) is 24.2 Å². The number of hydrogen-bond acceptors (Lipinski definition) is 6. The summed E-state index contributed by atoms with van der Waals surface area (Å²) in [7, 11) is 0. The molecule has 7 heteroatoms. The van der Waals surface area contributed by atoms with E-state index in [1.54, 1.807) is 13.0 Å². The molecule has 1 aromatic heterocycles. The summed E-state index contributed by atoms with van der Waals surface area (Å²) in [5, 5.41) is 3.55. The molecule has 1 heterocycles. The van der Waals surface area contributed by atoms with Gasteiger partial charge in [-0.2, -0.15) is 0 Å². The number of alkyl carbamates (subject to hydrolysis) is 1. The lowest BCUT2D eigenvalue weighted by molar-refractivity contribution is -0.134. The molecule has 0 aliphatic rings. The summed E-state index contributed by atoms with van der Waals surface area (Å²) in [6.07, 6.45) is 2.71. The maximum Gasteiger partial charge on any atom is 0.407 e. The number of benzene rings is 1. The molecule has 2 aromatic rings. The minimum Gasteiger partial charge on any atom is -0.444 e. The van der Waals surface area contributed by atoms with E-state index in [4.69, 9.17) is 13.9 Å². The van der Waals surface area contributed by atoms with E-state index < -0.39 is 17.3 Å². The largest absolute Gasteiger partial charge is 0.444 e. The minimum atomic E-state index is -0.518. The van der Waals surface area contributed by atoms with Crippen molar-refractivity contribution in [3.63, 3.8) is 0 Å². The van der Waals surface area contributed by atoms with Crippen LogP contribution in [0.1, 0.15) is 64.5 Å². The zero-order valence-corrected chi connectivity index (χ0v) is 18.4. The number of aryl methyl sites for hydroxylation is 2. The van der Waals surface area contributed by atoms with Crippen molar-refractivity contribution in [1.29, 1.82) is 0 Å². The number of nitrogens with one attached hydrogen (secondary N) is 1. The Morgan fingerprint density at radius 3 is 2.53 bits per heavy atom. The summed E-state index contributed by atoms with van der Waals surface area (Å²) < 4.78 is 16.0. The van der Waals surface area contributed by atoms with Crippen molar-refractivity contribution in [2.75, 3.05) is 6.54 Å². The van der Waals surface area contributed by atoms with Crippen LogP contribution in [0.5, 0.6) is 5.75 Å². The van der Waals surface area contributed by atoms with Gasteiger partial charge in [0.1, 0.15) is 16.9 Å². The van der Waals surface area contributed by atoms with Crippen molar-refractivity contribution in [2.45, 2.75) is 72.3 Å². The molecular weight excluding hydrogens is 386 g/mol. The Morgan fingerprint density at radius 1 is 1.13 bits per heavy atom. The Bertz CT molecular complexity index is 955. The third-order valence-corrected chi connectivity index (χ3v) is 4.53. The molecular formula is C23H31NO6. The van der Waals surface area contributed by atoms with E-state index in [2.05, 4.69) is 5.32 Å². The van der Waals surface area contributed by atoms with Gasteiger partial charge in [-0.3, -0.25) is 4.79 Å². The van der Waals surface area contributed by atoms with E-state index >= 15 is 0 Å². The first-order valence-electron chi connectivity index (χ1n) is 10.3. The molecule has 0 fully saturated rings. The predicted octanol–water partition coefficient (Wildman–Crippen LogP) is 4.65.